The lowest BCUT2D eigenvalue weighted by Gasteiger charge is -2.28. The number of amides is 1. The fraction of sp³-hybridized carbons (Fsp3) is 0.556. The minimum Gasteiger partial charge on any atom is -0.503 e. The van der Waals surface area contributed by atoms with Crippen LogP contribution in [0.15, 0.2) is 34.1 Å². The van der Waals surface area contributed by atoms with Gasteiger partial charge in [-0.3, -0.25) is 9.59 Å². The summed E-state index contributed by atoms with van der Waals surface area (Å²) in [7, 11) is 0. The molecule has 6 nitrogen and oxygen atoms in total. The summed E-state index contributed by atoms with van der Waals surface area (Å²) in [6.07, 6.45) is 1.51. The van der Waals surface area contributed by atoms with Gasteiger partial charge in [0.25, 0.3) is 5.91 Å². The van der Waals surface area contributed by atoms with E-state index in [2.05, 4.69) is 18.7 Å². The molecular weight excluding hydrogens is 308 g/mol. The van der Waals surface area contributed by atoms with E-state index < -0.39 is 17.7 Å². The maximum absolute atomic E-state index is 12.6. The first kappa shape index (κ1) is 18.3. The number of furan rings is 1. The standard InChI is InChI=1S/C18H26N2O4/c1-5-19(6-2)9-10-20-15(13-8-7-11-24-13)14(16(21)12(3)4)17(22)18(20)23/h7-8,11-12,15,22H,5-6,9-10H2,1-4H3. The van der Waals surface area contributed by atoms with Crippen molar-refractivity contribution >= 4 is 11.7 Å². The van der Waals surface area contributed by atoms with E-state index in [1.807, 2.05) is 0 Å². The van der Waals surface area contributed by atoms with Crippen LogP contribution in [0.25, 0.3) is 0 Å². The monoisotopic (exact) mass is 334 g/mol. The van der Waals surface area contributed by atoms with Gasteiger partial charge in [0.15, 0.2) is 11.5 Å². The van der Waals surface area contributed by atoms with Crippen LogP contribution in [-0.2, 0) is 9.59 Å². The number of carbonyl (C=O) groups is 2. The number of likely N-dealkylation sites (N-methyl/N-ethyl adjacent to an activating group) is 1. The zero-order valence-electron chi connectivity index (χ0n) is 14.8. The Kier molecular flexibility index (Phi) is 5.83. The molecule has 1 aliphatic heterocycles. The smallest absolute Gasteiger partial charge is 0.290 e. The number of carbonyl (C=O) groups excluding carboxylic acids is 2. The van der Waals surface area contributed by atoms with E-state index in [0.29, 0.717) is 18.8 Å². The van der Waals surface area contributed by atoms with Crippen LogP contribution in [0.4, 0.5) is 0 Å². The van der Waals surface area contributed by atoms with Gasteiger partial charge in [0.1, 0.15) is 11.8 Å². The molecule has 2 heterocycles. The molecule has 132 valence electrons. The molecule has 0 fully saturated rings. The van der Waals surface area contributed by atoms with Gasteiger partial charge in [0.2, 0.25) is 0 Å². The number of rotatable bonds is 8. The topological polar surface area (TPSA) is 74.0 Å². The Bertz CT molecular complexity index is 615. The minimum atomic E-state index is -0.655. The lowest BCUT2D eigenvalue weighted by molar-refractivity contribution is -0.129. The highest BCUT2D eigenvalue weighted by Crippen LogP contribution is 2.38. The first-order chi connectivity index (χ1) is 11.4. The molecule has 0 radical (unpaired) electrons. The molecule has 0 saturated heterocycles. The van der Waals surface area contributed by atoms with Crippen molar-refractivity contribution in [1.29, 1.82) is 0 Å². The lowest BCUT2D eigenvalue weighted by atomic mass is 9.94. The van der Waals surface area contributed by atoms with Crippen LogP contribution >= 0.6 is 0 Å². The zero-order valence-corrected chi connectivity index (χ0v) is 14.8. The average molecular weight is 334 g/mol. The maximum Gasteiger partial charge on any atom is 0.290 e. The predicted molar refractivity (Wildman–Crippen MR) is 90.4 cm³/mol. The molecule has 1 unspecified atom stereocenters. The maximum atomic E-state index is 12.6. The van der Waals surface area contributed by atoms with Crippen molar-refractivity contribution in [3.63, 3.8) is 0 Å². The van der Waals surface area contributed by atoms with Gasteiger partial charge in [-0.05, 0) is 25.2 Å². The van der Waals surface area contributed by atoms with Crippen LogP contribution in [0.3, 0.4) is 0 Å². The summed E-state index contributed by atoms with van der Waals surface area (Å²) < 4.78 is 5.46. The third-order valence-electron chi connectivity index (χ3n) is 4.46. The molecule has 1 atom stereocenters. The summed E-state index contributed by atoms with van der Waals surface area (Å²) in [5.74, 6) is -0.999. The summed E-state index contributed by atoms with van der Waals surface area (Å²) in [5, 5.41) is 10.3. The molecule has 0 spiro atoms. The summed E-state index contributed by atoms with van der Waals surface area (Å²) in [5.41, 5.74) is 0.143. The van der Waals surface area contributed by atoms with Gasteiger partial charge in [0, 0.05) is 19.0 Å². The number of hydrogen-bond acceptors (Lipinski definition) is 5. The van der Waals surface area contributed by atoms with Gasteiger partial charge in [-0.15, -0.1) is 0 Å². The Morgan fingerprint density at radius 2 is 2.04 bits per heavy atom. The fourth-order valence-electron chi connectivity index (χ4n) is 2.98. The molecule has 1 amide bonds. The quantitative estimate of drug-likeness (QED) is 0.791. The minimum absolute atomic E-state index is 0.143. The van der Waals surface area contributed by atoms with E-state index in [1.165, 1.54) is 11.2 Å². The second-order valence-electron chi connectivity index (χ2n) is 6.22. The molecule has 0 aliphatic carbocycles. The number of nitrogens with zero attached hydrogens (tertiary/aromatic N) is 2. The van der Waals surface area contributed by atoms with E-state index in [-0.39, 0.29) is 17.3 Å². The number of Topliss-reactive ketones (excluding diaryl/α,β-unsaturated/α-hetero) is 1. The Hall–Kier alpha value is -2.08. The largest absolute Gasteiger partial charge is 0.503 e. The van der Waals surface area contributed by atoms with Gasteiger partial charge in [-0.25, -0.2) is 0 Å². The van der Waals surface area contributed by atoms with Crippen LogP contribution < -0.4 is 0 Å². The van der Waals surface area contributed by atoms with Crippen molar-refractivity contribution in [2.75, 3.05) is 26.2 Å². The second kappa shape index (κ2) is 7.66. The normalized spacial score (nSPS) is 18.3. The SMILES string of the molecule is CCN(CC)CCN1C(=O)C(O)=C(C(=O)C(C)C)C1c1ccco1. The predicted octanol–water partition coefficient (Wildman–Crippen LogP) is 2.54. The molecule has 1 aliphatic rings. The molecule has 0 saturated carbocycles. The van der Waals surface area contributed by atoms with Crippen molar-refractivity contribution in [1.82, 2.24) is 9.80 Å². The molecule has 1 aromatic rings. The fourth-order valence-corrected chi connectivity index (χ4v) is 2.98. The van der Waals surface area contributed by atoms with Crippen LogP contribution in [0.1, 0.15) is 39.5 Å². The Balaban J connectivity index is 2.34. The van der Waals surface area contributed by atoms with Gasteiger partial charge < -0.3 is 19.3 Å². The van der Waals surface area contributed by atoms with Crippen molar-refractivity contribution in [2.45, 2.75) is 33.7 Å². The van der Waals surface area contributed by atoms with Gasteiger partial charge in [-0.1, -0.05) is 27.7 Å². The summed E-state index contributed by atoms with van der Waals surface area (Å²) >= 11 is 0. The Morgan fingerprint density at radius 3 is 2.54 bits per heavy atom. The van der Waals surface area contributed by atoms with Crippen LogP contribution in [0.2, 0.25) is 0 Å². The molecular formula is C18H26N2O4. The molecule has 0 aromatic carbocycles. The van der Waals surface area contributed by atoms with E-state index >= 15 is 0 Å². The highest BCUT2D eigenvalue weighted by atomic mass is 16.3. The van der Waals surface area contributed by atoms with E-state index in [0.717, 1.165) is 13.1 Å². The molecule has 2 rings (SSSR count). The highest BCUT2D eigenvalue weighted by molar-refractivity contribution is 6.09. The number of aliphatic hydroxyl groups excluding tert-OH is 1. The zero-order chi connectivity index (χ0) is 17.9. The molecule has 0 bridgehead atoms. The number of aliphatic hydroxyl groups is 1. The highest BCUT2D eigenvalue weighted by Gasteiger charge is 2.45. The Morgan fingerprint density at radius 1 is 1.38 bits per heavy atom. The summed E-state index contributed by atoms with van der Waals surface area (Å²) in [6.45, 7) is 10.5. The van der Waals surface area contributed by atoms with Crippen LogP contribution in [0, 0.1) is 5.92 Å². The average Bonchev–Trinajstić information content (AvgIpc) is 3.16. The first-order valence-electron chi connectivity index (χ1n) is 8.46. The van der Waals surface area contributed by atoms with Crippen molar-refractivity contribution in [3.8, 4) is 0 Å². The van der Waals surface area contributed by atoms with Gasteiger partial charge >= 0.3 is 0 Å². The third-order valence-corrected chi connectivity index (χ3v) is 4.46. The second-order valence-corrected chi connectivity index (χ2v) is 6.22. The molecule has 24 heavy (non-hydrogen) atoms. The van der Waals surface area contributed by atoms with E-state index in [4.69, 9.17) is 4.42 Å². The van der Waals surface area contributed by atoms with E-state index in [1.54, 1.807) is 26.0 Å². The van der Waals surface area contributed by atoms with Gasteiger partial charge in [-0.2, -0.15) is 0 Å². The van der Waals surface area contributed by atoms with Crippen molar-refractivity contribution < 1.29 is 19.1 Å². The van der Waals surface area contributed by atoms with Crippen LogP contribution in [0.5, 0.6) is 0 Å². The summed E-state index contributed by atoms with van der Waals surface area (Å²) in [6, 6.07) is 2.79. The third kappa shape index (κ3) is 3.38. The summed E-state index contributed by atoms with van der Waals surface area (Å²) in [4.78, 5) is 28.8. The van der Waals surface area contributed by atoms with Gasteiger partial charge in [0.05, 0.1) is 11.8 Å². The lowest BCUT2D eigenvalue weighted by Crippen LogP contribution is -2.38. The number of hydrogen-bond donors (Lipinski definition) is 1. The van der Waals surface area contributed by atoms with Crippen molar-refractivity contribution in [3.05, 3.63) is 35.5 Å². The Labute approximate surface area is 142 Å². The number of ketones is 1. The van der Waals surface area contributed by atoms with Crippen LogP contribution in [-0.4, -0.2) is 52.8 Å². The molecule has 1 N–H and O–H groups in total. The van der Waals surface area contributed by atoms with Crippen molar-refractivity contribution in [2.24, 2.45) is 5.92 Å². The molecule has 6 heteroatoms. The van der Waals surface area contributed by atoms with E-state index in [9.17, 15) is 14.7 Å². The first-order valence-corrected chi connectivity index (χ1v) is 8.46. The molecule has 1 aromatic heterocycles.